The summed E-state index contributed by atoms with van der Waals surface area (Å²) in [5.41, 5.74) is 6.48. The van der Waals surface area contributed by atoms with Crippen LogP contribution in [0.4, 0.5) is 0 Å². The van der Waals surface area contributed by atoms with Gasteiger partial charge in [-0.05, 0) is 69.2 Å². The lowest BCUT2D eigenvalue weighted by Crippen LogP contribution is -2.52. The summed E-state index contributed by atoms with van der Waals surface area (Å²) in [5, 5.41) is 0. The molecule has 2 bridgehead atoms. The number of hydrogen-bond acceptors (Lipinski definition) is 2. The lowest BCUT2D eigenvalue weighted by atomic mass is 9.86. The van der Waals surface area contributed by atoms with E-state index in [2.05, 4.69) is 18.9 Å². The average Bonchev–Trinajstić information content (AvgIpc) is 3.04. The van der Waals surface area contributed by atoms with Crippen LogP contribution in [0.2, 0.25) is 0 Å². The molecule has 0 radical (unpaired) electrons. The highest BCUT2D eigenvalue weighted by molar-refractivity contribution is 4.99. The van der Waals surface area contributed by atoms with Gasteiger partial charge in [-0.15, -0.1) is 0 Å². The van der Waals surface area contributed by atoms with Gasteiger partial charge in [0, 0.05) is 18.6 Å². The first kappa shape index (κ1) is 12.9. The van der Waals surface area contributed by atoms with Crippen LogP contribution < -0.4 is 5.73 Å². The second-order valence-corrected chi connectivity index (χ2v) is 7.59. The molecule has 3 fully saturated rings. The first-order valence-corrected chi connectivity index (χ1v) is 8.04. The number of nitrogens with two attached hydrogens (primary N) is 1. The van der Waals surface area contributed by atoms with E-state index in [4.69, 9.17) is 5.73 Å². The summed E-state index contributed by atoms with van der Waals surface area (Å²) in [6, 6.07) is 0. The van der Waals surface area contributed by atoms with E-state index in [-0.39, 0.29) is 0 Å². The van der Waals surface area contributed by atoms with Gasteiger partial charge in [0.05, 0.1) is 0 Å². The fraction of sp³-hybridized carbons (Fsp3) is 1.00. The largest absolute Gasteiger partial charge is 0.329 e. The smallest absolute Gasteiger partial charge is 0.0331 e. The summed E-state index contributed by atoms with van der Waals surface area (Å²) in [7, 11) is 2.34. The Labute approximate surface area is 112 Å². The van der Waals surface area contributed by atoms with Crippen LogP contribution in [-0.2, 0) is 0 Å². The van der Waals surface area contributed by atoms with Crippen LogP contribution in [-0.4, -0.2) is 30.6 Å². The van der Waals surface area contributed by atoms with Crippen molar-refractivity contribution in [2.45, 2.75) is 57.4 Å². The summed E-state index contributed by atoms with van der Waals surface area (Å²) in [5.74, 6) is 3.97. The molecule has 5 atom stereocenters. The lowest BCUT2D eigenvalue weighted by molar-refractivity contribution is 0.0926. The van der Waals surface area contributed by atoms with Crippen molar-refractivity contribution in [2.75, 3.05) is 20.1 Å². The third-order valence-corrected chi connectivity index (χ3v) is 6.41. The monoisotopic (exact) mass is 250 g/mol. The van der Waals surface area contributed by atoms with Crippen LogP contribution >= 0.6 is 0 Å². The van der Waals surface area contributed by atoms with Gasteiger partial charge in [-0.1, -0.05) is 13.3 Å². The molecule has 0 aromatic carbocycles. The quantitative estimate of drug-likeness (QED) is 0.831. The molecule has 0 aliphatic heterocycles. The Balaban J connectivity index is 1.62. The zero-order valence-corrected chi connectivity index (χ0v) is 12.2. The first-order chi connectivity index (χ1) is 8.63. The zero-order valence-electron chi connectivity index (χ0n) is 12.2. The van der Waals surface area contributed by atoms with Crippen molar-refractivity contribution in [3.63, 3.8) is 0 Å². The van der Waals surface area contributed by atoms with Crippen molar-refractivity contribution >= 4 is 0 Å². The Morgan fingerprint density at radius 3 is 2.56 bits per heavy atom. The topological polar surface area (TPSA) is 29.3 Å². The maximum absolute atomic E-state index is 6.14. The summed E-state index contributed by atoms with van der Waals surface area (Å²) < 4.78 is 0. The van der Waals surface area contributed by atoms with E-state index in [9.17, 15) is 0 Å². The molecule has 18 heavy (non-hydrogen) atoms. The van der Waals surface area contributed by atoms with Crippen molar-refractivity contribution < 1.29 is 0 Å². The Morgan fingerprint density at radius 1 is 1.22 bits per heavy atom. The van der Waals surface area contributed by atoms with Crippen LogP contribution in [0.5, 0.6) is 0 Å². The van der Waals surface area contributed by atoms with Crippen LogP contribution in [0.25, 0.3) is 0 Å². The highest BCUT2D eigenvalue weighted by Gasteiger charge is 2.44. The third kappa shape index (κ3) is 2.12. The molecule has 104 valence electrons. The zero-order chi connectivity index (χ0) is 12.8. The second-order valence-electron chi connectivity index (χ2n) is 7.59. The van der Waals surface area contributed by atoms with Gasteiger partial charge in [0.15, 0.2) is 0 Å². The minimum atomic E-state index is 0.335. The standard InChI is InChI=1S/C16H30N2/c1-12-5-6-16(9-12,11-17)18(2)10-15-8-13-3-4-14(15)7-13/h12-15H,3-11,17H2,1-2H3. The van der Waals surface area contributed by atoms with Gasteiger partial charge in [-0.2, -0.15) is 0 Å². The molecule has 3 saturated carbocycles. The Hall–Kier alpha value is -0.0800. The van der Waals surface area contributed by atoms with E-state index in [0.717, 1.165) is 30.2 Å². The molecule has 2 N–H and O–H groups in total. The van der Waals surface area contributed by atoms with E-state index >= 15 is 0 Å². The van der Waals surface area contributed by atoms with Gasteiger partial charge >= 0.3 is 0 Å². The molecule has 0 aromatic heterocycles. The predicted octanol–water partition coefficient (Wildman–Crippen LogP) is 2.87. The SMILES string of the molecule is CC1CCC(CN)(N(C)CC2CC3CCC2C3)C1. The van der Waals surface area contributed by atoms with Crippen molar-refractivity contribution in [3.05, 3.63) is 0 Å². The summed E-state index contributed by atoms with van der Waals surface area (Å²) in [6.45, 7) is 4.56. The van der Waals surface area contributed by atoms with E-state index in [1.807, 2.05) is 0 Å². The maximum atomic E-state index is 6.14. The molecule has 3 aliphatic carbocycles. The fourth-order valence-electron chi connectivity index (χ4n) is 5.20. The lowest BCUT2D eigenvalue weighted by Gasteiger charge is -2.41. The van der Waals surface area contributed by atoms with Crippen molar-refractivity contribution in [3.8, 4) is 0 Å². The Kier molecular flexibility index (Phi) is 3.44. The average molecular weight is 250 g/mol. The summed E-state index contributed by atoms with van der Waals surface area (Å²) >= 11 is 0. The number of fused-ring (bicyclic) bond motifs is 2. The molecule has 0 aromatic rings. The van der Waals surface area contributed by atoms with E-state index in [1.54, 1.807) is 0 Å². The van der Waals surface area contributed by atoms with Crippen molar-refractivity contribution in [1.29, 1.82) is 0 Å². The van der Waals surface area contributed by atoms with E-state index in [0.29, 0.717) is 5.54 Å². The second kappa shape index (κ2) is 4.79. The van der Waals surface area contributed by atoms with E-state index < -0.39 is 0 Å². The molecule has 0 amide bonds. The van der Waals surface area contributed by atoms with Crippen LogP contribution in [0.3, 0.4) is 0 Å². The molecular formula is C16H30N2. The molecule has 3 rings (SSSR count). The van der Waals surface area contributed by atoms with Gasteiger partial charge < -0.3 is 5.73 Å². The van der Waals surface area contributed by atoms with Crippen LogP contribution in [0.15, 0.2) is 0 Å². The third-order valence-electron chi connectivity index (χ3n) is 6.41. The molecule has 0 heterocycles. The Bertz CT molecular complexity index is 303. The van der Waals surface area contributed by atoms with Crippen LogP contribution in [0, 0.1) is 23.7 Å². The molecule has 2 nitrogen and oxygen atoms in total. The number of nitrogens with zero attached hydrogens (tertiary/aromatic N) is 1. The highest BCUT2D eigenvalue weighted by atomic mass is 15.2. The van der Waals surface area contributed by atoms with Gasteiger partial charge in [0.2, 0.25) is 0 Å². The summed E-state index contributed by atoms with van der Waals surface area (Å²) in [4.78, 5) is 2.65. The van der Waals surface area contributed by atoms with Crippen LogP contribution in [0.1, 0.15) is 51.9 Å². The molecule has 5 unspecified atom stereocenters. The van der Waals surface area contributed by atoms with Gasteiger partial charge in [0.25, 0.3) is 0 Å². The predicted molar refractivity (Wildman–Crippen MR) is 76.4 cm³/mol. The number of rotatable bonds is 4. The number of likely N-dealkylation sites (N-methyl/N-ethyl adjacent to an activating group) is 1. The Morgan fingerprint density at radius 2 is 2.06 bits per heavy atom. The molecule has 0 saturated heterocycles. The minimum absolute atomic E-state index is 0.335. The fourth-order valence-corrected chi connectivity index (χ4v) is 5.20. The molecular weight excluding hydrogens is 220 g/mol. The van der Waals surface area contributed by atoms with Gasteiger partial charge in [-0.3, -0.25) is 4.90 Å². The minimum Gasteiger partial charge on any atom is -0.329 e. The van der Waals surface area contributed by atoms with Crippen molar-refractivity contribution in [2.24, 2.45) is 29.4 Å². The molecule has 3 aliphatic rings. The van der Waals surface area contributed by atoms with Crippen molar-refractivity contribution in [1.82, 2.24) is 4.90 Å². The number of hydrogen-bond donors (Lipinski definition) is 1. The molecule has 0 spiro atoms. The first-order valence-electron chi connectivity index (χ1n) is 8.04. The van der Waals surface area contributed by atoms with Gasteiger partial charge in [0.1, 0.15) is 0 Å². The highest BCUT2D eigenvalue weighted by Crippen LogP contribution is 2.49. The normalized spacial score (nSPS) is 47.3. The molecule has 2 heteroatoms. The maximum Gasteiger partial charge on any atom is 0.0331 e. The summed E-state index contributed by atoms with van der Waals surface area (Å²) in [6.07, 6.45) is 10.1. The van der Waals surface area contributed by atoms with E-state index in [1.165, 1.54) is 51.5 Å². The van der Waals surface area contributed by atoms with Gasteiger partial charge in [-0.25, -0.2) is 0 Å².